The van der Waals surface area contributed by atoms with Crippen LogP contribution >= 0.6 is 15.9 Å². The Morgan fingerprint density at radius 3 is 2.68 bits per heavy atom. The Morgan fingerprint density at radius 2 is 2.11 bits per heavy atom. The largest absolute Gasteiger partial charge is 0.459 e. The summed E-state index contributed by atoms with van der Waals surface area (Å²) >= 11 is 3.34. The monoisotopic (exact) mass is 331 g/mol. The Labute approximate surface area is 121 Å². The molecule has 1 atom stereocenters. The molecule has 106 valence electrons. The first-order chi connectivity index (χ1) is 8.69. The van der Waals surface area contributed by atoms with Gasteiger partial charge in [-0.3, -0.25) is 4.79 Å². The second-order valence-corrected chi connectivity index (χ2v) is 6.23. The highest BCUT2D eigenvalue weighted by Crippen LogP contribution is 2.18. The van der Waals surface area contributed by atoms with E-state index < -0.39 is 11.6 Å². The molecule has 0 spiro atoms. The molecule has 1 unspecified atom stereocenters. The molecule has 1 aromatic carbocycles. The molecule has 0 saturated heterocycles. The van der Waals surface area contributed by atoms with Crippen LogP contribution in [0.4, 0.5) is 4.39 Å². The molecule has 0 aliphatic heterocycles. The zero-order chi connectivity index (χ0) is 14.6. The van der Waals surface area contributed by atoms with E-state index in [2.05, 4.69) is 21.2 Å². The Hall–Kier alpha value is -0.940. The van der Waals surface area contributed by atoms with Gasteiger partial charge >= 0.3 is 5.97 Å². The summed E-state index contributed by atoms with van der Waals surface area (Å²) in [4.78, 5) is 11.8. The van der Waals surface area contributed by atoms with E-state index in [-0.39, 0.29) is 11.8 Å². The average molecular weight is 332 g/mol. The van der Waals surface area contributed by atoms with Crippen LogP contribution in [0.15, 0.2) is 22.7 Å². The van der Waals surface area contributed by atoms with Gasteiger partial charge in [0.15, 0.2) is 0 Å². The van der Waals surface area contributed by atoms with Crippen molar-refractivity contribution >= 4 is 21.9 Å². The topological polar surface area (TPSA) is 38.3 Å². The normalized spacial score (nSPS) is 13.2. The molecule has 0 aliphatic rings. The third-order valence-electron chi connectivity index (χ3n) is 2.37. The maximum Gasteiger partial charge on any atom is 0.323 e. The Morgan fingerprint density at radius 1 is 1.47 bits per heavy atom. The zero-order valence-electron chi connectivity index (χ0n) is 11.6. The Bertz CT molecular complexity index is 457. The summed E-state index contributed by atoms with van der Waals surface area (Å²) < 4.78 is 19.2. The molecule has 3 nitrogen and oxygen atoms in total. The number of ether oxygens (including phenoxy) is 1. The third-order valence-corrected chi connectivity index (χ3v) is 3.14. The summed E-state index contributed by atoms with van der Waals surface area (Å²) in [6.45, 7) is 7.57. The van der Waals surface area contributed by atoms with Gasteiger partial charge in [-0.2, -0.15) is 0 Å². The number of hydrogen-bond donors (Lipinski definition) is 1. The van der Waals surface area contributed by atoms with Crippen LogP contribution < -0.4 is 5.32 Å². The summed E-state index contributed by atoms with van der Waals surface area (Å²) in [5, 5.41) is 3.02. The minimum absolute atomic E-state index is 0.301. The van der Waals surface area contributed by atoms with Gasteiger partial charge in [-0.25, -0.2) is 4.39 Å². The van der Waals surface area contributed by atoms with Gasteiger partial charge in [-0.1, -0.05) is 15.9 Å². The molecule has 0 fully saturated rings. The van der Waals surface area contributed by atoms with Crippen molar-refractivity contribution in [1.82, 2.24) is 5.32 Å². The van der Waals surface area contributed by atoms with Crippen molar-refractivity contribution in [2.45, 2.75) is 45.9 Å². The molecule has 0 saturated carbocycles. The molecule has 1 N–H and O–H groups in total. The van der Waals surface area contributed by atoms with Crippen LogP contribution in [0, 0.1) is 5.82 Å². The van der Waals surface area contributed by atoms with Crippen molar-refractivity contribution in [2.24, 2.45) is 0 Å². The van der Waals surface area contributed by atoms with Gasteiger partial charge in [0.05, 0.1) is 0 Å². The Balaban J connectivity index is 2.56. The molecule has 0 bridgehead atoms. The first-order valence-electron chi connectivity index (χ1n) is 6.09. The molecule has 1 rings (SSSR count). The lowest BCUT2D eigenvalue weighted by Crippen LogP contribution is -2.38. The van der Waals surface area contributed by atoms with E-state index in [0.29, 0.717) is 6.54 Å². The average Bonchev–Trinajstić information content (AvgIpc) is 2.27. The standard InChI is InChI=1S/C14H19BrFNO2/c1-9(13(18)19-14(2,3)4)17-8-10-7-11(16)5-6-12(10)15/h5-7,9,17H,8H2,1-4H3. The van der Waals surface area contributed by atoms with E-state index in [1.807, 2.05) is 20.8 Å². The zero-order valence-corrected chi connectivity index (χ0v) is 13.2. The number of halogens is 2. The molecular weight excluding hydrogens is 313 g/mol. The van der Waals surface area contributed by atoms with Gasteiger partial charge in [-0.15, -0.1) is 0 Å². The summed E-state index contributed by atoms with van der Waals surface area (Å²) in [6.07, 6.45) is 0. The number of nitrogens with one attached hydrogen (secondary N) is 1. The minimum atomic E-state index is -0.507. The summed E-state index contributed by atoms with van der Waals surface area (Å²) in [5.74, 6) is -0.620. The van der Waals surface area contributed by atoms with Gasteiger partial charge in [0.1, 0.15) is 17.5 Å². The molecule has 1 aromatic rings. The fourth-order valence-electron chi connectivity index (χ4n) is 1.42. The van der Waals surface area contributed by atoms with Crippen LogP contribution in [0.5, 0.6) is 0 Å². The summed E-state index contributed by atoms with van der Waals surface area (Å²) in [6, 6.07) is 4.00. The van der Waals surface area contributed by atoms with Crippen LogP contribution in [0.2, 0.25) is 0 Å². The van der Waals surface area contributed by atoms with Crippen LogP contribution in [0.3, 0.4) is 0 Å². The summed E-state index contributed by atoms with van der Waals surface area (Å²) in [7, 11) is 0. The van der Waals surface area contributed by atoms with E-state index in [9.17, 15) is 9.18 Å². The second kappa shape index (κ2) is 6.48. The molecule has 0 amide bonds. The van der Waals surface area contributed by atoms with Crippen molar-refractivity contribution in [3.63, 3.8) is 0 Å². The first-order valence-corrected chi connectivity index (χ1v) is 6.88. The van der Waals surface area contributed by atoms with Gasteiger partial charge in [0, 0.05) is 11.0 Å². The number of esters is 1. The molecule has 0 aromatic heterocycles. The van der Waals surface area contributed by atoms with Gasteiger partial charge in [0.25, 0.3) is 0 Å². The van der Waals surface area contributed by atoms with Crippen molar-refractivity contribution in [1.29, 1.82) is 0 Å². The summed E-state index contributed by atoms with van der Waals surface area (Å²) in [5.41, 5.74) is 0.252. The number of rotatable bonds is 4. The van der Waals surface area contributed by atoms with Crippen LogP contribution in [0.1, 0.15) is 33.3 Å². The lowest BCUT2D eigenvalue weighted by atomic mass is 10.2. The van der Waals surface area contributed by atoms with E-state index >= 15 is 0 Å². The number of hydrogen-bond acceptors (Lipinski definition) is 3. The predicted molar refractivity (Wildman–Crippen MR) is 76.2 cm³/mol. The molecule has 5 heteroatoms. The smallest absolute Gasteiger partial charge is 0.323 e. The van der Waals surface area contributed by atoms with Crippen molar-refractivity contribution in [3.8, 4) is 0 Å². The minimum Gasteiger partial charge on any atom is -0.459 e. The molecule has 0 aliphatic carbocycles. The molecule has 19 heavy (non-hydrogen) atoms. The van der Waals surface area contributed by atoms with E-state index in [1.165, 1.54) is 12.1 Å². The predicted octanol–water partition coefficient (Wildman–Crippen LogP) is 3.41. The highest BCUT2D eigenvalue weighted by atomic mass is 79.9. The van der Waals surface area contributed by atoms with Crippen molar-refractivity contribution in [3.05, 3.63) is 34.1 Å². The Kier molecular flexibility index (Phi) is 5.50. The van der Waals surface area contributed by atoms with Gasteiger partial charge < -0.3 is 10.1 Å². The SMILES string of the molecule is CC(NCc1cc(F)ccc1Br)C(=O)OC(C)(C)C. The quantitative estimate of drug-likeness (QED) is 0.859. The van der Waals surface area contributed by atoms with E-state index in [4.69, 9.17) is 4.74 Å². The fraction of sp³-hybridized carbons (Fsp3) is 0.500. The van der Waals surface area contributed by atoms with Crippen molar-refractivity contribution < 1.29 is 13.9 Å². The maximum absolute atomic E-state index is 13.1. The van der Waals surface area contributed by atoms with Crippen LogP contribution in [0.25, 0.3) is 0 Å². The molecule has 0 radical (unpaired) electrons. The number of benzene rings is 1. The van der Waals surface area contributed by atoms with Crippen molar-refractivity contribution in [2.75, 3.05) is 0 Å². The van der Waals surface area contributed by atoms with E-state index in [1.54, 1.807) is 13.0 Å². The first kappa shape index (κ1) is 16.1. The third kappa shape index (κ3) is 5.70. The van der Waals surface area contributed by atoms with E-state index in [0.717, 1.165) is 10.0 Å². The fourth-order valence-corrected chi connectivity index (χ4v) is 1.80. The number of carbonyl (C=O) groups is 1. The van der Waals surface area contributed by atoms with Crippen LogP contribution in [-0.2, 0) is 16.1 Å². The van der Waals surface area contributed by atoms with Gasteiger partial charge in [0.2, 0.25) is 0 Å². The van der Waals surface area contributed by atoms with Crippen LogP contribution in [-0.4, -0.2) is 17.6 Å². The molecule has 0 heterocycles. The lowest BCUT2D eigenvalue weighted by Gasteiger charge is -2.22. The highest BCUT2D eigenvalue weighted by molar-refractivity contribution is 9.10. The lowest BCUT2D eigenvalue weighted by molar-refractivity contribution is -0.157. The number of carbonyl (C=O) groups excluding carboxylic acids is 1. The molecular formula is C14H19BrFNO2. The second-order valence-electron chi connectivity index (χ2n) is 5.37. The van der Waals surface area contributed by atoms with Gasteiger partial charge in [-0.05, 0) is 51.5 Å². The maximum atomic E-state index is 13.1. The highest BCUT2D eigenvalue weighted by Gasteiger charge is 2.21.